The van der Waals surface area contributed by atoms with Gasteiger partial charge in [0.1, 0.15) is 0 Å². The van der Waals surface area contributed by atoms with E-state index in [1.807, 2.05) is 24.3 Å². The largest absolute Gasteiger partial charge is 0.481 e. The number of hydrogen-bond donors (Lipinski definition) is 2. The van der Waals surface area contributed by atoms with E-state index in [0.717, 1.165) is 5.56 Å². The molecule has 0 bridgehead atoms. The highest BCUT2D eigenvalue weighted by molar-refractivity contribution is 7.99. The summed E-state index contributed by atoms with van der Waals surface area (Å²) in [6, 6.07) is 7.81. The van der Waals surface area contributed by atoms with Crippen LogP contribution < -0.4 is 5.73 Å². The molecule has 94 valence electrons. The van der Waals surface area contributed by atoms with Gasteiger partial charge in [0.2, 0.25) is 0 Å². The molecule has 0 radical (unpaired) electrons. The molecule has 0 amide bonds. The molecular formula is C13H19NO2S. The lowest BCUT2D eigenvalue weighted by molar-refractivity contribution is -0.138. The third-order valence-corrected chi connectivity index (χ3v) is 3.42. The lowest BCUT2D eigenvalue weighted by Gasteiger charge is -2.23. The molecule has 0 aliphatic carbocycles. The number of benzene rings is 1. The summed E-state index contributed by atoms with van der Waals surface area (Å²) in [5.41, 5.74) is 6.04. The number of carboxylic acid groups (broad SMARTS) is 1. The average molecular weight is 253 g/mol. The van der Waals surface area contributed by atoms with Crippen molar-refractivity contribution in [3.05, 3.63) is 29.8 Å². The monoisotopic (exact) mass is 253 g/mol. The summed E-state index contributed by atoms with van der Waals surface area (Å²) in [5, 5.41) is 9.33. The van der Waals surface area contributed by atoms with E-state index in [9.17, 15) is 4.79 Å². The van der Waals surface area contributed by atoms with Crippen molar-refractivity contribution in [3.63, 3.8) is 0 Å². The summed E-state index contributed by atoms with van der Waals surface area (Å²) in [7, 11) is 0. The molecule has 17 heavy (non-hydrogen) atoms. The van der Waals surface area contributed by atoms with Gasteiger partial charge in [-0.05, 0) is 24.6 Å². The molecule has 3 N–H and O–H groups in total. The molecule has 1 aromatic carbocycles. The molecule has 1 rings (SSSR count). The van der Waals surface area contributed by atoms with E-state index in [1.54, 1.807) is 18.7 Å². The Kier molecular flexibility index (Phi) is 4.60. The number of carboxylic acids is 1. The van der Waals surface area contributed by atoms with E-state index in [2.05, 4.69) is 13.8 Å². The molecule has 4 heteroatoms. The van der Waals surface area contributed by atoms with Gasteiger partial charge in [-0.1, -0.05) is 26.0 Å². The van der Waals surface area contributed by atoms with Crippen molar-refractivity contribution in [1.29, 1.82) is 0 Å². The first-order valence-electron chi connectivity index (χ1n) is 5.59. The van der Waals surface area contributed by atoms with Gasteiger partial charge in [0.15, 0.2) is 0 Å². The standard InChI is InChI=1S/C13H19NO2S/c1-9(2)17-11-6-4-10(5-7-11)13(3,14)8-12(15)16/h4-7,9H,8,14H2,1-3H3,(H,15,16). The Labute approximate surface area is 106 Å². The van der Waals surface area contributed by atoms with E-state index in [1.165, 1.54) is 4.90 Å². The predicted molar refractivity (Wildman–Crippen MR) is 71.2 cm³/mol. The fourth-order valence-corrected chi connectivity index (χ4v) is 2.44. The van der Waals surface area contributed by atoms with Gasteiger partial charge in [-0.2, -0.15) is 0 Å². The lowest BCUT2D eigenvalue weighted by Crippen LogP contribution is -2.35. The van der Waals surface area contributed by atoms with Crippen LogP contribution in [0.1, 0.15) is 32.8 Å². The van der Waals surface area contributed by atoms with E-state index < -0.39 is 11.5 Å². The normalized spacial score (nSPS) is 14.6. The molecule has 0 aliphatic rings. The number of aliphatic carboxylic acids is 1. The number of thioether (sulfide) groups is 1. The maximum Gasteiger partial charge on any atom is 0.305 e. The Morgan fingerprint density at radius 2 is 1.94 bits per heavy atom. The van der Waals surface area contributed by atoms with Gasteiger partial charge in [-0.3, -0.25) is 4.79 Å². The number of rotatable bonds is 5. The summed E-state index contributed by atoms with van der Waals surface area (Å²) in [5.74, 6) is -0.879. The molecule has 0 saturated heterocycles. The minimum absolute atomic E-state index is 0.0658. The van der Waals surface area contributed by atoms with Crippen molar-refractivity contribution in [2.45, 2.75) is 42.9 Å². The second-order valence-corrected chi connectivity index (χ2v) is 6.33. The van der Waals surface area contributed by atoms with Crippen molar-refractivity contribution in [2.24, 2.45) is 5.73 Å². The van der Waals surface area contributed by atoms with Crippen LogP contribution in [0.2, 0.25) is 0 Å². The number of carbonyl (C=O) groups is 1. The van der Waals surface area contributed by atoms with Gasteiger partial charge in [0.05, 0.1) is 6.42 Å². The lowest BCUT2D eigenvalue weighted by atomic mass is 9.90. The van der Waals surface area contributed by atoms with Crippen molar-refractivity contribution in [2.75, 3.05) is 0 Å². The van der Waals surface area contributed by atoms with Crippen LogP contribution in [0.3, 0.4) is 0 Å². The van der Waals surface area contributed by atoms with Gasteiger partial charge in [-0.15, -0.1) is 11.8 Å². The maximum absolute atomic E-state index is 10.7. The zero-order valence-corrected chi connectivity index (χ0v) is 11.3. The smallest absolute Gasteiger partial charge is 0.305 e. The molecule has 1 atom stereocenters. The topological polar surface area (TPSA) is 63.3 Å². The van der Waals surface area contributed by atoms with Gasteiger partial charge < -0.3 is 10.8 Å². The molecule has 0 saturated carbocycles. The molecule has 0 heterocycles. The average Bonchev–Trinajstić information content (AvgIpc) is 2.15. The summed E-state index contributed by atoms with van der Waals surface area (Å²) in [6.07, 6.45) is -0.0658. The first-order valence-corrected chi connectivity index (χ1v) is 6.47. The first kappa shape index (κ1) is 14.1. The Morgan fingerprint density at radius 3 is 2.35 bits per heavy atom. The zero-order chi connectivity index (χ0) is 13.1. The fourth-order valence-electron chi connectivity index (χ4n) is 1.60. The highest BCUT2D eigenvalue weighted by Gasteiger charge is 2.24. The molecule has 3 nitrogen and oxygen atoms in total. The molecule has 0 aliphatic heterocycles. The van der Waals surface area contributed by atoms with Crippen molar-refractivity contribution in [3.8, 4) is 0 Å². The molecule has 0 fully saturated rings. The molecule has 1 aromatic rings. The van der Waals surface area contributed by atoms with Gasteiger partial charge in [0, 0.05) is 15.7 Å². The third-order valence-electron chi connectivity index (χ3n) is 2.40. The van der Waals surface area contributed by atoms with Crippen LogP contribution in [0, 0.1) is 0 Å². The quantitative estimate of drug-likeness (QED) is 0.792. The SMILES string of the molecule is CC(C)Sc1ccc(C(C)(N)CC(=O)O)cc1. The molecular weight excluding hydrogens is 234 g/mol. The Hall–Kier alpha value is -1.00. The number of hydrogen-bond acceptors (Lipinski definition) is 3. The molecule has 0 aromatic heterocycles. The van der Waals surface area contributed by atoms with Crippen LogP contribution in [-0.2, 0) is 10.3 Å². The second-order valence-electron chi connectivity index (χ2n) is 4.68. The van der Waals surface area contributed by atoms with Crippen LogP contribution in [0.4, 0.5) is 0 Å². The van der Waals surface area contributed by atoms with Crippen LogP contribution in [-0.4, -0.2) is 16.3 Å². The summed E-state index contributed by atoms with van der Waals surface area (Å²) in [4.78, 5) is 11.9. The first-order chi connectivity index (χ1) is 7.81. The highest BCUT2D eigenvalue weighted by atomic mass is 32.2. The number of nitrogens with two attached hydrogens (primary N) is 1. The van der Waals surface area contributed by atoms with E-state index in [0.29, 0.717) is 5.25 Å². The third kappa shape index (κ3) is 4.40. The predicted octanol–water partition coefficient (Wildman–Crippen LogP) is 2.84. The summed E-state index contributed by atoms with van der Waals surface area (Å²) >= 11 is 1.77. The van der Waals surface area contributed by atoms with Crippen LogP contribution in [0.25, 0.3) is 0 Å². The minimum atomic E-state index is -0.879. The Balaban J connectivity index is 2.82. The van der Waals surface area contributed by atoms with Crippen LogP contribution in [0.15, 0.2) is 29.2 Å². The maximum atomic E-state index is 10.7. The van der Waals surface area contributed by atoms with Crippen LogP contribution in [0.5, 0.6) is 0 Å². The Bertz CT molecular complexity index is 385. The van der Waals surface area contributed by atoms with Gasteiger partial charge >= 0.3 is 5.97 Å². The fraction of sp³-hybridized carbons (Fsp3) is 0.462. The van der Waals surface area contributed by atoms with Gasteiger partial charge in [-0.25, -0.2) is 0 Å². The second kappa shape index (κ2) is 5.56. The minimum Gasteiger partial charge on any atom is -0.481 e. The van der Waals surface area contributed by atoms with Crippen molar-refractivity contribution < 1.29 is 9.90 Å². The van der Waals surface area contributed by atoms with E-state index in [4.69, 9.17) is 10.8 Å². The Morgan fingerprint density at radius 1 is 1.41 bits per heavy atom. The highest BCUT2D eigenvalue weighted by Crippen LogP contribution is 2.27. The van der Waals surface area contributed by atoms with Crippen molar-refractivity contribution in [1.82, 2.24) is 0 Å². The van der Waals surface area contributed by atoms with E-state index >= 15 is 0 Å². The molecule has 0 spiro atoms. The summed E-state index contributed by atoms with van der Waals surface area (Å²) < 4.78 is 0. The van der Waals surface area contributed by atoms with E-state index in [-0.39, 0.29) is 6.42 Å². The summed E-state index contributed by atoms with van der Waals surface area (Å²) in [6.45, 7) is 6.01. The molecule has 1 unspecified atom stereocenters. The van der Waals surface area contributed by atoms with Gasteiger partial charge in [0.25, 0.3) is 0 Å². The van der Waals surface area contributed by atoms with Crippen LogP contribution >= 0.6 is 11.8 Å². The zero-order valence-electron chi connectivity index (χ0n) is 10.4. The van der Waals surface area contributed by atoms with Crippen molar-refractivity contribution >= 4 is 17.7 Å².